The highest BCUT2D eigenvalue weighted by Crippen LogP contribution is 2.40. The summed E-state index contributed by atoms with van der Waals surface area (Å²) in [5.74, 6) is 1.21. The molecule has 0 saturated carbocycles. The van der Waals surface area contributed by atoms with E-state index in [1.54, 1.807) is 31.6 Å². The minimum absolute atomic E-state index is 0.0171. The Bertz CT molecular complexity index is 1030. The van der Waals surface area contributed by atoms with E-state index >= 15 is 0 Å². The molecule has 1 atom stereocenters. The average molecular weight is 388 g/mol. The summed E-state index contributed by atoms with van der Waals surface area (Å²) in [7, 11) is 1.59. The van der Waals surface area contributed by atoms with Crippen molar-refractivity contribution in [2.24, 2.45) is 5.41 Å². The minimum atomic E-state index is -0.140. The van der Waals surface area contributed by atoms with Crippen LogP contribution in [0.3, 0.4) is 0 Å². The van der Waals surface area contributed by atoms with Crippen molar-refractivity contribution in [1.29, 1.82) is 0 Å². The van der Waals surface area contributed by atoms with Crippen LogP contribution in [0.2, 0.25) is 0 Å². The van der Waals surface area contributed by atoms with Gasteiger partial charge in [-0.2, -0.15) is 0 Å². The molecule has 0 spiro atoms. The summed E-state index contributed by atoms with van der Waals surface area (Å²) in [6.07, 6.45) is 6.99. The first-order chi connectivity index (χ1) is 13.9. The summed E-state index contributed by atoms with van der Waals surface area (Å²) >= 11 is 0. The second-order valence-corrected chi connectivity index (χ2v) is 8.13. The van der Waals surface area contributed by atoms with E-state index in [2.05, 4.69) is 29.1 Å². The van der Waals surface area contributed by atoms with Crippen LogP contribution >= 0.6 is 0 Å². The Kier molecular flexibility index (Phi) is 5.01. The van der Waals surface area contributed by atoms with Crippen molar-refractivity contribution in [2.75, 3.05) is 7.11 Å². The summed E-state index contributed by atoms with van der Waals surface area (Å²) in [6.45, 7) is 4.41. The van der Waals surface area contributed by atoms with E-state index in [4.69, 9.17) is 9.72 Å². The Hall–Kier alpha value is -3.28. The largest absolute Gasteiger partial charge is 0.497 e. The molecular formula is C23H24N4O2. The molecule has 1 amide bonds. The summed E-state index contributed by atoms with van der Waals surface area (Å²) in [4.78, 5) is 26.3. The molecule has 6 heteroatoms. The van der Waals surface area contributed by atoms with Crippen molar-refractivity contribution in [3.63, 3.8) is 0 Å². The highest BCUT2D eigenvalue weighted by atomic mass is 16.5. The molecule has 29 heavy (non-hydrogen) atoms. The van der Waals surface area contributed by atoms with Crippen LogP contribution in [0.4, 0.5) is 0 Å². The number of fused-ring (bicyclic) bond motifs is 1. The van der Waals surface area contributed by atoms with E-state index in [1.165, 1.54) is 0 Å². The fourth-order valence-electron chi connectivity index (χ4n) is 3.82. The van der Waals surface area contributed by atoms with E-state index in [0.717, 1.165) is 29.7 Å². The van der Waals surface area contributed by atoms with Gasteiger partial charge in [0, 0.05) is 35.3 Å². The topological polar surface area (TPSA) is 77.0 Å². The van der Waals surface area contributed by atoms with Crippen molar-refractivity contribution in [1.82, 2.24) is 20.3 Å². The number of benzene rings is 1. The quantitative estimate of drug-likeness (QED) is 0.731. The zero-order chi connectivity index (χ0) is 20.4. The number of carbonyl (C=O) groups excluding carboxylic acids is 1. The summed E-state index contributed by atoms with van der Waals surface area (Å²) in [5.41, 5.74) is 3.49. The molecule has 2 aromatic heterocycles. The van der Waals surface area contributed by atoms with Crippen LogP contribution in [0.1, 0.15) is 47.9 Å². The smallest absolute Gasteiger partial charge is 0.251 e. The lowest BCUT2D eigenvalue weighted by Gasteiger charge is -2.36. The lowest BCUT2D eigenvalue weighted by molar-refractivity contribution is 0.0918. The maximum Gasteiger partial charge on any atom is 0.251 e. The molecule has 3 aromatic rings. The molecule has 1 aliphatic rings. The zero-order valence-corrected chi connectivity index (χ0v) is 16.8. The van der Waals surface area contributed by atoms with Crippen LogP contribution in [0.25, 0.3) is 11.4 Å². The number of pyridine rings is 1. The van der Waals surface area contributed by atoms with Crippen molar-refractivity contribution in [3.05, 3.63) is 71.8 Å². The third-order valence-electron chi connectivity index (χ3n) is 5.25. The molecule has 2 heterocycles. The van der Waals surface area contributed by atoms with Crippen LogP contribution in [-0.4, -0.2) is 28.0 Å². The predicted molar refractivity (Wildman–Crippen MR) is 111 cm³/mol. The van der Waals surface area contributed by atoms with E-state index in [9.17, 15) is 4.79 Å². The Balaban J connectivity index is 1.64. The van der Waals surface area contributed by atoms with Crippen molar-refractivity contribution in [3.8, 4) is 17.1 Å². The van der Waals surface area contributed by atoms with Gasteiger partial charge in [-0.15, -0.1) is 0 Å². The molecule has 1 unspecified atom stereocenters. The minimum Gasteiger partial charge on any atom is -0.497 e. The van der Waals surface area contributed by atoms with E-state index in [-0.39, 0.29) is 17.4 Å². The number of rotatable bonds is 4. The maximum atomic E-state index is 12.9. The van der Waals surface area contributed by atoms with Gasteiger partial charge in [0.1, 0.15) is 5.75 Å². The molecule has 1 aromatic carbocycles. The van der Waals surface area contributed by atoms with Gasteiger partial charge >= 0.3 is 0 Å². The number of aromatic nitrogens is 3. The lowest BCUT2D eigenvalue weighted by Crippen LogP contribution is -2.37. The van der Waals surface area contributed by atoms with Crippen molar-refractivity contribution in [2.45, 2.75) is 32.7 Å². The standard InChI is InChI=1S/C23H24N4O2/c1-23(2)12-19-18(14-25-21(26-19)15-7-9-24-10-8-15)20(13-23)27-22(28)16-5-4-6-17(11-16)29-3/h4-11,14,20H,12-13H2,1-3H3,(H,27,28). The molecule has 0 radical (unpaired) electrons. The number of hydrogen-bond donors (Lipinski definition) is 1. The van der Waals surface area contributed by atoms with Gasteiger partial charge in [0.25, 0.3) is 5.91 Å². The molecule has 0 saturated heterocycles. The maximum absolute atomic E-state index is 12.9. The Labute approximate surface area is 170 Å². The number of carbonyl (C=O) groups is 1. The van der Waals surface area contributed by atoms with Gasteiger partial charge in [0.05, 0.1) is 18.8 Å². The van der Waals surface area contributed by atoms with Gasteiger partial charge in [-0.1, -0.05) is 19.9 Å². The van der Waals surface area contributed by atoms with Gasteiger partial charge in [-0.3, -0.25) is 9.78 Å². The molecule has 0 aliphatic heterocycles. The summed E-state index contributed by atoms with van der Waals surface area (Å²) in [6, 6.07) is 10.8. The van der Waals surface area contributed by atoms with Gasteiger partial charge in [-0.25, -0.2) is 9.97 Å². The normalized spacial score (nSPS) is 17.3. The second-order valence-electron chi connectivity index (χ2n) is 8.13. The fourth-order valence-corrected chi connectivity index (χ4v) is 3.82. The highest BCUT2D eigenvalue weighted by molar-refractivity contribution is 5.94. The number of nitrogens with zero attached hydrogens (tertiary/aromatic N) is 3. The monoisotopic (exact) mass is 388 g/mol. The molecule has 1 N–H and O–H groups in total. The van der Waals surface area contributed by atoms with Crippen molar-refractivity contribution >= 4 is 5.91 Å². The molecule has 1 aliphatic carbocycles. The summed E-state index contributed by atoms with van der Waals surface area (Å²) < 4.78 is 5.24. The number of methoxy groups -OCH3 is 1. The molecule has 148 valence electrons. The Morgan fingerprint density at radius 2 is 2.00 bits per heavy atom. The fraction of sp³-hybridized carbons (Fsp3) is 0.304. The molecule has 0 bridgehead atoms. The van der Waals surface area contributed by atoms with E-state index < -0.39 is 0 Å². The lowest BCUT2D eigenvalue weighted by atomic mass is 9.74. The van der Waals surface area contributed by atoms with Gasteiger partial charge in [0.2, 0.25) is 0 Å². The average Bonchev–Trinajstić information content (AvgIpc) is 2.73. The third kappa shape index (κ3) is 4.11. The first-order valence-electron chi connectivity index (χ1n) is 9.66. The Morgan fingerprint density at radius 3 is 2.76 bits per heavy atom. The molecule has 4 rings (SSSR count). The van der Waals surface area contributed by atoms with E-state index in [0.29, 0.717) is 17.1 Å². The van der Waals surface area contributed by atoms with Crippen molar-refractivity contribution < 1.29 is 9.53 Å². The number of nitrogens with one attached hydrogen (secondary N) is 1. The van der Waals surface area contributed by atoms with E-state index in [1.807, 2.05) is 30.5 Å². The highest BCUT2D eigenvalue weighted by Gasteiger charge is 2.34. The summed E-state index contributed by atoms with van der Waals surface area (Å²) in [5, 5.41) is 3.17. The third-order valence-corrected chi connectivity index (χ3v) is 5.25. The SMILES string of the molecule is COc1cccc(C(=O)NC2CC(C)(C)Cc3nc(-c4ccncc4)ncc32)c1. The number of ether oxygens (including phenoxy) is 1. The molecular weight excluding hydrogens is 364 g/mol. The number of hydrogen-bond acceptors (Lipinski definition) is 5. The van der Waals surface area contributed by atoms with Crippen LogP contribution in [0.15, 0.2) is 55.0 Å². The molecule has 0 fully saturated rings. The molecule has 6 nitrogen and oxygen atoms in total. The number of amides is 1. The predicted octanol–water partition coefficient (Wildman–Crippen LogP) is 3.99. The van der Waals surface area contributed by atoms with Crippen LogP contribution in [0, 0.1) is 5.41 Å². The zero-order valence-electron chi connectivity index (χ0n) is 16.8. The first kappa shape index (κ1) is 19.1. The second kappa shape index (κ2) is 7.62. The van der Waals surface area contributed by atoms with Crippen LogP contribution in [-0.2, 0) is 6.42 Å². The Morgan fingerprint density at radius 1 is 1.21 bits per heavy atom. The van der Waals surface area contributed by atoms with Gasteiger partial charge in [-0.05, 0) is 48.6 Å². The van der Waals surface area contributed by atoms with Gasteiger partial charge < -0.3 is 10.1 Å². The van der Waals surface area contributed by atoms with Gasteiger partial charge in [0.15, 0.2) is 5.82 Å². The first-order valence-corrected chi connectivity index (χ1v) is 9.66. The van der Waals surface area contributed by atoms with Crippen LogP contribution in [0.5, 0.6) is 5.75 Å². The van der Waals surface area contributed by atoms with Crippen LogP contribution < -0.4 is 10.1 Å².